The Morgan fingerprint density at radius 1 is 1.33 bits per heavy atom. The molecule has 0 bridgehead atoms. The van der Waals surface area contributed by atoms with Gasteiger partial charge in [-0.3, -0.25) is 9.59 Å². The molecule has 0 radical (unpaired) electrons. The Bertz CT molecular complexity index is 599. The topological polar surface area (TPSA) is 75.4 Å². The molecule has 2 unspecified atom stereocenters. The first-order valence-electron chi connectivity index (χ1n) is 8.36. The highest BCUT2D eigenvalue weighted by Crippen LogP contribution is 2.24. The third-order valence-electron chi connectivity index (χ3n) is 4.47. The lowest BCUT2D eigenvalue weighted by atomic mass is 9.90. The third-order valence-corrected chi connectivity index (χ3v) is 5.00. The fourth-order valence-corrected chi connectivity index (χ4v) is 3.16. The highest BCUT2D eigenvalue weighted by molar-refractivity contribution is 9.10. The number of hydrogen-bond donors (Lipinski definition) is 2. The summed E-state index contributed by atoms with van der Waals surface area (Å²) in [6, 6.07) is 7.50. The van der Waals surface area contributed by atoms with Gasteiger partial charge in [0.2, 0.25) is 11.8 Å². The Hall–Kier alpha value is -1.40. The Kier molecular flexibility index (Phi) is 6.04. The molecule has 1 aromatic rings. The maximum absolute atomic E-state index is 12.9. The van der Waals surface area contributed by atoms with Crippen LogP contribution in [0.2, 0.25) is 0 Å². The monoisotopic (exact) mass is 395 g/mol. The predicted molar refractivity (Wildman–Crippen MR) is 98.3 cm³/mol. The number of nitrogens with zero attached hydrogens (tertiary/aromatic N) is 1. The van der Waals surface area contributed by atoms with Gasteiger partial charge < -0.3 is 16.0 Å². The SMILES string of the molecule is CC(C)C(=O)NC1CCCN(C(=O)C(C)(N)c2ccc(Br)cc2)C1. The zero-order valence-electron chi connectivity index (χ0n) is 14.5. The van der Waals surface area contributed by atoms with Gasteiger partial charge in [-0.05, 0) is 37.5 Å². The maximum atomic E-state index is 12.9. The zero-order chi connectivity index (χ0) is 17.9. The molecule has 0 aliphatic carbocycles. The molecule has 2 atom stereocenters. The van der Waals surface area contributed by atoms with E-state index in [0.717, 1.165) is 22.9 Å². The lowest BCUT2D eigenvalue weighted by Gasteiger charge is -2.38. The second-order valence-electron chi connectivity index (χ2n) is 6.96. The minimum Gasteiger partial charge on any atom is -0.351 e. The molecule has 132 valence electrons. The van der Waals surface area contributed by atoms with E-state index in [1.165, 1.54) is 0 Å². The van der Waals surface area contributed by atoms with Crippen LogP contribution in [0, 0.1) is 5.92 Å². The van der Waals surface area contributed by atoms with Crippen LogP contribution in [-0.4, -0.2) is 35.8 Å². The van der Waals surface area contributed by atoms with Gasteiger partial charge >= 0.3 is 0 Å². The summed E-state index contributed by atoms with van der Waals surface area (Å²) >= 11 is 3.39. The first-order chi connectivity index (χ1) is 11.2. The lowest BCUT2D eigenvalue weighted by molar-refractivity contribution is -0.139. The van der Waals surface area contributed by atoms with E-state index in [9.17, 15) is 9.59 Å². The summed E-state index contributed by atoms with van der Waals surface area (Å²) in [5.41, 5.74) is 6.07. The van der Waals surface area contributed by atoms with E-state index < -0.39 is 5.54 Å². The van der Waals surface area contributed by atoms with Gasteiger partial charge in [-0.25, -0.2) is 0 Å². The lowest BCUT2D eigenvalue weighted by Crippen LogP contribution is -2.57. The van der Waals surface area contributed by atoms with E-state index in [1.807, 2.05) is 38.1 Å². The van der Waals surface area contributed by atoms with Crippen molar-refractivity contribution in [2.75, 3.05) is 13.1 Å². The molecule has 1 aromatic carbocycles. The summed E-state index contributed by atoms with van der Waals surface area (Å²) < 4.78 is 0.948. The van der Waals surface area contributed by atoms with Crippen molar-refractivity contribution in [3.05, 3.63) is 34.3 Å². The van der Waals surface area contributed by atoms with Crippen molar-refractivity contribution in [2.45, 2.75) is 45.2 Å². The van der Waals surface area contributed by atoms with Crippen LogP contribution in [0.15, 0.2) is 28.7 Å². The molecule has 1 heterocycles. The van der Waals surface area contributed by atoms with Gasteiger partial charge in [-0.2, -0.15) is 0 Å². The van der Waals surface area contributed by atoms with E-state index in [-0.39, 0.29) is 23.8 Å². The van der Waals surface area contributed by atoms with Crippen molar-refractivity contribution in [2.24, 2.45) is 11.7 Å². The number of halogens is 1. The van der Waals surface area contributed by atoms with E-state index in [4.69, 9.17) is 5.73 Å². The van der Waals surface area contributed by atoms with E-state index in [1.54, 1.807) is 11.8 Å². The van der Waals surface area contributed by atoms with Crippen LogP contribution in [0.5, 0.6) is 0 Å². The van der Waals surface area contributed by atoms with Crippen LogP contribution in [0.3, 0.4) is 0 Å². The van der Waals surface area contributed by atoms with Gasteiger partial charge in [0.25, 0.3) is 0 Å². The van der Waals surface area contributed by atoms with Crippen molar-refractivity contribution in [1.82, 2.24) is 10.2 Å². The number of rotatable bonds is 4. The van der Waals surface area contributed by atoms with E-state index in [2.05, 4.69) is 21.2 Å². The van der Waals surface area contributed by atoms with E-state index in [0.29, 0.717) is 13.1 Å². The van der Waals surface area contributed by atoms with Crippen LogP contribution in [0.1, 0.15) is 39.2 Å². The third kappa shape index (κ3) is 4.36. The first-order valence-corrected chi connectivity index (χ1v) is 9.15. The summed E-state index contributed by atoms with van der Waals surface area (Å²) in [5, 5.41) is 3.02. The molecule has 0 aromatic heterocycles. The molecule has 3 N–H and O–H groups in total. The second kappa shape index (κ2) is 7.66. The molecule has 5 nitrogen and oxygen atoms in total. The molecule has 2 amide bonds. The quantitative estimate of drug-likeness (QED) is 0.821. The van der Waals surface area contributed by atoms with Gasteiger partial charge in [0.15, 0.2) is 0 Å². The number of nitrogens with one attached hydrogen (secondary N) is 1. The van der Waals surface area contributed by atoms with Crippen molar-refractivity contribution in [3.63, 3.8) is 0 Å². The number of hydrogen-bond acceptors (Lipinski definition) is 3. The molecule has 1 aliphatic heterocycles. The molecule has 2 rings (SSSR count). The van der Waals surface area contributed by atoms with Crippen molar-refractivity contribution in [1.29, 1.82) is 0 Å². The molecular formula is C18H26BrN3O2. The first kappa shape index (κ1) is 18.9. The number of carbonyl (C=O) groups excluding carboxylic acids is 2. The van der Waals surface area contributed by atoms with Crippen LogP contribution in [0.25, 0.3) is 0 Å². The smallest absolute Gasteiger partial charge is 0.247 e. The Morgan fingerprint density at radius 3 is 2.54 bits per heavy atom. The number of piperidine rings is 1. The summed E-state index contributed by atoms with van der Waals surface area (Å²) in [5.74, 6) is -0.135. The Labute approximate surface area is 152 Å². The Balaban J connectivity index is 2.07. The van der Waals surface area contributed by atoms with Gasteiger partial charge in [0.1, 0.15) is 5.54 Å². The van der Waals surface area contributed by atoms with Gasteiger partial charge in [-0.1, -0.05) is 41.9 Å². The molecule has 1 saturated heterocycles. The van der Waals surface area contributed by atoms with Crippen LogP contribution >= 0.6 is 15.9 Å². The van der Waals surface area contributed by atoms with Crippen molar-refractivity contribution in [3.8, 4) is 0 Å². The summed E-state index contributed by atoms with van der Waals surface area (Å²) in [6.07, 6.45) is 1.76. The van der Waals surface area contributed by atoms with Crippen LogP contribution < -0.4 is 11.1 Å². The van der Waals surface area contributed by atoms with Gasteiger partial charge in [0, 0.05) is 29.5 Å². The molecule has 24 heavy (non-hydrogen) atoms. The normalized spacial score (nSPS) is 20.6. The average Bonchev–Trinajstić information content (AvgIpc) is 2.54. The van der Waals surface area contributed by atoms with Gasteiger partial charge in [-0.15, -0.1) is 0 Å². The molecule has 0 spiro atoms. The number of likely N-dealkylation sites (tertiary alicyclic amines) is 1. The highest BCUT2D eigenvalue weighted by atomic mass is 79.9. The standard InChI is InChI=1S/C18H26BrN3O2/c1-12(2)16(23)21-15-5-4-10-22(11-15)17(24)18(3,20)13-6-8-14(19)9-7-13/h6-9,12,15H,4-5,10-11,20H2,1-3H3,(H,21,23). The summed E-state index contributed by atoms with van der Waals surface area (Å²) in [6.45, 7) is 6.67. The zero-order valence-corrected chi connectivity index (χ0v) is 16.1. The minimum atomic E-state index is -1.08. The van der Waals surface area contributed by atoms with Crippen LogP contribution in [-0.2, 0) is 15.1 Å². The fraction of sp³-hybridized carbons (Fsp3) is 0.556. The molecule has 0 saturated carbocycles. The average molecular weight is 396 g/mol. The largest absolute Gasteiger partial charge is 0.351 e. The molecule has 6 heteroatoms. The number of benzene rings is 1. The Morgan fingerprint density at radius 2 is 1.96 bits per heavy atom. The molecular weight excluding hydrogens is 370 g/mol. The number of nitrogens with two attached hydrogens (primary N) is 1. The van der Waals surface area contributed by atoms with Crippen molar-refractivity contribution >= 4 is 27.7 Å². The highest BCUT2D eigenvalue weighted by Gasteiger charge is 2.36. The molecule has 1 fully saturated rings. The van der Waals surface area contributed by atoms with Crippen LogP contribution in [0.4, 0.5) is 0 Å². The van der Waals surface area contributed by atoms with Gasteiger partial charge in [0.05, 0.1) is 0 Å². The van der Waals surface area contributed by atoms with Crippen molar-refractivity contribution < 1.29 is 9.59 Å². The second-order valence-corrected chi connectivity index (χ2v) is 7.88. The summed E-state index contributed by atoms with van der Waals surface area (Å²) in [4.78, 5) is 26.6. The minimum absolute atomic E-state index is 0.00156. The number of carbonyl (C=O) groups is 2. The fourth-order valence-electron chi connectivity index (χ4n) is 2.90. The number of amides is 2. The summed E-state index contributed by atoms with van der Waals surface area (Å²) in [7, 11) is 0. The predicted octanol–water partition coefficient (Wildman–Crippen LogP) is 2.39. The van der Waals surface area contributed by atoms with E-state index >= 15 is 0 Å². The molecule has 1 aliphatic rings. The maximum Gasteiger partial charge on any atom is 0.247 e.